The minimum atomic E-state index is 0.396. The van der Waals surface area contributed by atoms with E-state index >= 15 is 0 Å². The highest BCUT2D eigenvalue weighted by atomic mass is 35.5. The fourth-order valence-electron chi connectivity index (χ4n) is 2.29. The van der Waals surface area contributed by atoms with Crippen LogP contribution in [0.15, 0.2) is 66.3 Å². The summed E-state index contributed by atoms with van der Waals surface area (Å²) in [6.45, 7) is 0.864. The summed E-state index contributed by atoms with van der Waals surface area (Å²) in [5, 5.41) is 9.46. The fourth-order valence-corrected chi connectivity index (χ4v) is 2.80. The van der Waals surface area contributed by atoms with Gasteiger partial charge in [-0.1, -0.05) is 58.7 Å². The molecule has 2 aromatic carbocycles. The maximum absolute atomic E-state index is 6.31. The smallest absolute Gasteiger partial charge is 0.137 e. The van der Waals surface area contributed by atoms with Crippen molar-refractivity contribution >= 4 is 28.9 Å². The second-order valence-corrected chi connectivity index (χ2v) is 6.17. The highest BCUT2D eigenvalue weighted by molar-refractivity contribution is 6.37. The van der Waals surface area contributed by atoms with Crippen LogP contribution in [0, 0.1) is 0 Å². The molecule has 0 N–H and O–H groups in total. The molecule has 0 unspecified atom stereocenters. The van der Waals surface area contributed by atoms with E-state index in [1.807, 2.05) is 24.3 Å². The van der Waals surface area contributed by atoms with Crippen molar-refractivity contribution in [3.63, 3.8) is 0 Å². The van der Waals surface area contributed by atoms with Crippen molar-refractivity contribution in [1.29, 1.82) is 0 Å². The molecule has 128 valence electrons. The van der Waals surface area contributed by atoms with E-state index in [4.69, 9.17) is 28.0 Å². The maximum Gasteiger partial charge on any atom is 0.137 e. The topological polar surface area (TPSA) is 52.3 Å². The zero-order chi connectivity index (χ0) is 17.5. The summed E-state index contributed by atoms with van der Waals surface area (Å²) in [6.07, 6.45) is 3.86. The quantitative estimate of drug-likeness (QED) is 0.353. The van der Waals surface area contributed by atoms with E-state index < -0.39 is 0 Å². The van der Waals surface area contributed by atoms with Crippen LogP contribution in [0.1, 0.15) is 11.1 Å². The van der Waals surface area contributed by atoms with Crippen LogP contribution < -0.4 is 0 Å². The Bertz CT molecular complexity index is 836. The van der Waals surface area contributed by atoms with Gasteiger partial charge in [-0.15, -0.1) is 0 Å². The van der Waals surface area contributed by atoms with Gasteiger partial charge in [0.05, 0.1) is 11.6 Å². The van der Waals surface area contributed by atoms with E-state index in [2.05, 4.69) is 27.4 Å². The number of nitrogens with zero attached hydrogens (tertiary/aromatic N) is 4. The molecule has 0 bridgehead atoms. The van der Waals surface area contributed by atoms with Gasteiger partial charge in [0.2, 0.25) is 0 Å². The zero-order valence-electron chi connectivity index (χ0n) is 13.3. The van der Waals surface area contributed by atoms with Crippen LogP contribution in [0.3, 0.4) is 0 Å². The fraction of sp³-hybridized carbons (Fsp3) is 0.167. The van der Waals surface area contributed by atoms with Crippen molar-refractivity contribution in [2.75, 3.05) is 6.61 Å². The van der Waals surface area contributed by atoms with Crippen LogP contribution in [0.25, 0.3) is 0 Å². The second-order valence-electron chi connectivity index (χ2n) is 5.32. The Morgan fingerprint density at radius 2 is 1.96 bits per heavy atom. The van der Waals surface area contributed by atoms with Crippen molar-refractivity contribution in [2.45, 2.75) is 13.0 Å². The van der Waals surface area contributed by atoms with Crippen LogP contribution >= 0.6 is 23.2 Å². The third-order valence-electron chi connectivity index (χ3n) is 3.52. The van der Waals surface area contributed by atoms with Gasteiger partial charge in [0.1, 0.15) is 25.0 Å². The van der Waals surface area contributed by atoms with E-state index in [9.17, 15) is 0 Å². The van der Waals surface area contributed by atoms with E-state index in [0.717, 1.165) is 12.0 Å². The molecule has 0 atom stereocenters. The molecule has 7 heteroatoms. The molecule has 25 heavy (non-hydrogen) atoms. The zero-order valence-corrected chi connectivity index (χ0v) is 14.9. The molecule has 1 heterocycles. The largest absolute Gasteiger partial charge is 0.395 e. The first-order valence-electron chi connectivity index (χ1n) is 7.73. The average molecular weight is 375 g/mol. The lowest BCUT2D eigenvalue weighted by Gasteiger charge is -2.09. The van der Waals surface area contributed by atoms with Crippen LogP contribution in [0.4, 0.5) is 0 Å². The normalized spacial score (nSPS) is 11.5. The van der Waals surface area contributed by atoms with Gasteiger partial charge in [-0.25, -0.2) is 9.67 Å². The molecular weight excluding hydrogens is 359 g/mol. The van der Waals surface area contributed by atoms with Gasteiger partial charge in [0.25, 0.3) is 0 Å². The van der Waals surface area contributed by atoms with Gasteiger partial charge in [-0.2, -0.15) is 5.10 Å². The summed E-state index contributed by atoms with van der Waals surface area (Å²) in [5.74, 6) is 0. The van der Waals surface area contributed by atoms with Crippen molar-refractivity contribution in [2.24, 2.45) is 5.16 Å². The van der Waals surface area contributed by atoms with Crippen molar-refractivity contribution < 1.29 is 4.84 Å². The summed E-state index contributed by atoms with van der Waals surface area (Å²) in [6, 6.07) is 15.4. The van der Waals surface area contributed by atoms with Crippen molar-refractivity contribution in [3.05, 3.63) is 82.4 Å². The Labute approximate surface area is 155 Å². The van der Waals surface area contributed by atoms with Gasteiger partial charge >= 0.3 is 0 Å². The monoisotopic (exact) mass is 374 g/mol. The molecule has 5 nitrogen and oxygen atoms in total. The molecule has 0 saturated heterocycles. The Morgan fingerprint density at radius 3 is 2.68 bits per heavy atom. The Hall–Kier alpha value is -2.37. The molecule has 1 aromatic heterocycles. The average Bonchev–Trinajstić information content (AvgIpc) is 3.12. The van der Waals surface area contributed by atoms with E-state index in [-0.39, 0.29) is 0 Å². The molecule has 3 rings (SSSR count). The van der Waals surface area contributed by atoms with Gasteiger partial charge < -0.3 is 4.84 Å². The number of oxime groups is 1. The Kier molecular flexibility index (Phi) is 6.04. The number of hydrogen-bond donors (Lipinski definition) is 0. The highest BCUT2D eigenvalue weighted by Crippen LogP contribution is 2.22. The number of rotatable bonds is 7. The van der Waals surface area contributed by atoms with Crippen molar-refractivity contribution in [1.82, 2.24) is 14.8 Å². The Balaban J connectivity index is 1.73. The molecule has 0 amide bonds. The molecule has 0 aliphatic rings. The minimum Gasteiger partial charge on any atom is -0.395 e. The Morgan fingerprint density at radius 1 is 1.12 bits per heavy atom. The lowest BCUT2D eigenvalue weighted by Crippen LogP contribution is -2.14. The molecule has 0 aliphatic heterocycles. The summed E-state index contributed by atoms with van der Waals surface area (Å²) < 4.78 is 1.66. The first-order chi connectivity index (χ1) is 12.2. The van der Waals surface area contributed by atoms with Gasteiger partial charge in [-0.3, -0.25) is 0 Å². The summed E-state index contributed by atoms with van der Waals surface area (Å²) in [4.78, 5) is 9.47. The predicted molar refractivity (Wildman–Crippen MR) is 99.1 cm³/mol. The number of hydrogen-bond acceptors (Lipinski definition) is 4. The summed E-state index contributed by atoms with van der Waals surface area (Å²) in [7, 11) is 0. The number of aromatic nitrogens is 3. The highest BCUT2D eigenvalue weighted by Gasteiger charge is 2.11. The first-order valence-corrected chi connectivity index (χ1v) is 8.48. The van der Waals surface area contributed by atoms with Gasteiger partial charge in [0.15, 0.2) is 0 Å². The van der Waals surface area contributed by atoms with Crippen LogP contribution in [-0.4, -0.2) is 27.1 Å². The molecule has 0 fully saturated rings. The SMILES string of the molecule is Clc1ccc(C(Cn2cncn2)=NOCCc2ccccc2)c(Cl)c1. The molecule has 0 aliphatic carbocycles. The van der Waals surface area contributed by atoms with E-state index in [1.54, 1.807) is 23.1 Å². The van der Waals surface area contributed by atoms with E-state index in [0.29, 0.717) is 28.9 Å². The van der Waals surface area contributed by atoms with E-state index in [1.165, 1.54) is 11.9 Å². The lowest BCUT2D eigenvalue weighted by atomic mass is 10.1. The first kappa shape index (κ1) is 17.5. The molecule has 3 aromatic rings. The molecular formula is C18H16Cl2N4O. The molecule has 0 spiro atoms. The number of halogens is 2. The lowest BCUT2D eigenvalue weighted by molar-refractivity contribution is 0.147. The van der Waals surface area contributed by atoms with Crippen molar-refractivity contribution in [3.8, 4) is 0 Å². The van der Waals surface area contributed by atoms with Crippen LogP contribution in [0.2, 0.25) is 10.0 Å². The maximum atomic E-state index is 6.31. The second kappa shape index (κ2) is 8.65. The predicted octanol–water partition coefficient (Wildman–Crippen LogP) is 4.25. The van der Waals surface area contributed by atoms with Crippen LogP contribution in [-0.2, 0) is 17.8 Å². The third kappa shape index (κ3) is 5.05. The summed E-state index contributed by atoms with van der Waals surface area (Å²) in [5.41, 5.74) is 2.60. The number of benzene rings is 2. The van der Waals surface area contributed by atoms with Gasteiger partial charge in [0, 0.05) is 17.0 Å². The summed E-state index contributed by atoms with van der Waals surface area (Å²) >= 11 is 12.3. The van der Waals surface area contributed by atoms with Gasteiger partial charge in [-0.05, 0) is 23.8 Å². The molecule has 0 saturated carbocycles. The van der Waals surface area contributed by atoms with Crippen LogP contribution in [0.5, 0.6) is 0 Å². The minimum absolute atomic E-state index is 0.396. The standard InChI is InChI=1S/C18H16Cl2N4O/c19-15-6-7-16(17(20)10-15)18(11-24-13-21-12-22-24)23-25-9-8-14-4-2-1-3-5-14/h1-7,10,12-13H,8-9,11H2. The third-order valence-corrected chi connectivity index (χ3v) is 4.07. The molecule has 0 radical (unpaired) electrons.